The average molecular weight is 364 g/mol. The van der Waals surface area contributed by atoms with Gasteiger partial charge in [-0.15, -0.1) is 0 Å². The van der Waals surface area contributed by atoms with Gasteiger partial charge in [0.15, 0.2) is 5.82 Å². The average Bonchev–Trinajstić information content (AvgIpc) is 3.32. The summed E-state index contributed by atoms with van der Waals surface area (Å²) in [6.07, 6.45) is 2.23. The van der Waals surface area contributed by atoms with Crippen LogP contribution in [0, 0.1) is 5.82 Å². The van der Waals surface area contributed by atoms with Gasteiger partial charge >= 0.3 is 0 Å². The predicted molar refractivity (Wildman–Crippen MR) is 89.0 cm³/mol. The van der Waals surface area contributed by atoms with E-state index in [0.717, 1.165) is 18.9 Å². The molecule has 0 saturated carbocycles. The summed E-state index contributed by atoms with van der Waals surface area (Å²) < 4.78 is 29.7. The lowest BCUT2D eigenvalue weighted by Crippen LogP contribution is -2.24. The summed E-state index contributed by atoms with van der Waals surface area (Å²) in [5, 5.41) is 6.47. The Hall–Kier alpha value is -2.52. The van der Waals surface area contributed by atoms with E-state index in [1.54, 1.807) is 0 Å². The van der Waals surface area contributed by atoms with Crippen LogP contribution in [0.15, 0.2) is 22.7 Å². The number of hydrogen-bond acceptors (Lipinski definition) is 7. The first-order valence-electron chi connectivity index (χ1n) is 8.52. The third-order valence-corrected chi connectivity index (χ3v) is 3.89. The largest absolute Gasteiger partial charge is 0.493 e. The normalized spacial score (nSPS) is 16.6. The molecule has 140 valence electrons. The molecule has 0 radical (unpaired) electrons. The number of aromatic nitrogens is 2. The lowest BCUT2D eigenvalue weighted by Gasteiger charge is -2.11. The fourth-order valence-electron chi connectivity index (χ4n) is 2.57. The number of carbonyl (C=O) groups is 1. The molecule has 1 atom stereocenters. The van der Waals surface area contributed by atoms with E-state index in [1.807, 2.05) is 0 Å². The van der Waals surface area contributed by atoms with Crippen molar-refractivity contribution in [2.75, 3.05) is 19.8 Å². The van der Waals surface area contributed by atoms with Crippen molar-refractivity contribution in [1.82, 2.24) is 15.5 Å². The molecule has 8 nitrogen and oxygen atoms in total. The molecule has 0 unspecified atom stereocenters. The van der Waals surface area contributed by atoms with Gasteiger partial charge in [-0.25, -0.2) is 4.39 Å². The van der Waals surface area contributed by atoms with Gasteiger partial charge in [-0.3, -0.25) is 4.79 Å². The Kier molecular flexibility index (Phi) is 6.13. The fourth-order valence-corrected chi connectivity index (χ4v) is 2.57. The summed E-state index contributed by atoms with van der Waals surface area (Å²) >= 11 is 0. The molecule has 1 aromatic heterocycles. The standard InChI is InChI=1S/C17H21FN4O4/c18-11-4-5-13(24-8-2-6-19)12(9-11)16(23)20-10-15-21-17(26-22-15)14-3-1-7-25-14/h4-5,9,14H,1-3,6-8,10,19H2,(H,20,23)/t14-/m0/s1. The molecule has 0 bridgehead atoms. The van der Waals surface area contributed by atoms with Gasteiger partial charge in [0.05, 0.1) is 18.7 Å². The Morgan fingerprint density at radius 1 is 1.46 bits per heavy atom. The van der Waals surface area contributed by atoms with Crippen LogP contribution in [0.3, 0.4) is 0 Å². The Morgan fingerprint density at radius 3 is 3.12 bits per heavy atom. The number of nitrogens with one attached hydrogen (secondary N) is 1. The van der Waals surface area contributed by atoms with Gasteiger partial charge < -0.3 is 25.0 Å². The number of carbonyl (C=O) groups excluding carboxylic acids is 1. The van der Waals surface area contributed by atoms with E-state index in [9.17, 15) is 9.18 Å². The predicted octanol–water partition coefficient (Wildman–Crippen LogP) is 1.72. The SMILES string of the molecule is NCCCOc1ccc(F)cc1C(=O)NCc1noc([C@@H]2CCCO2)n1. The zero-order valence-electron chi connectivity index (χ0n) is 14.2. The van der Waals surface area contributed by atoms with E-state index >= 15 is 0 Å². The van der Waals surface area contributed by atoms with Crippen LogP contribution in [0.2, 0.25) is 0 Å². The van der Waals surface area contributed by atoms with E-state index in [1.165, 1.54) is 12.1 Å². The summed E-state index contributed by atoms with van der Waals surface area (Å²) in [7, 11) is 0. The number of nitrogens with zero attached hydrogens (tertiary/aromatic N) is 2. The Labute approximate surface area is 149 Å². The minimum Gasteiger partial charge on any atom is -0.493 e. The fraction of sp³-hybridized carbons (Fsp3) is 0.471. The van der Waals surface area contributed by atoms with Crippen molar-refractivity contribution in [1.29, 1.82) is 0 Å². The van der Waals surface area contributed by atoms with E-state index in [0.29, 0.717) is 43.6 Å². The first-order chi connectivity index (χ1) is 12.7. The molecule has 9 heteroatoms. The van der Waals surface area contributed by atoms with Crippen LogP contribution < -0.4 is 15.8 Å². The van der Waals surface area contributed by atoms with Gasteiger partial charge in [0, 0.05) is 6.61 Å². The van der Waals surface area contributed by atoms with Crippen molar-refractivity contribution < 1.29 is 23.2 Å². The molecular formula is C17H21FN4O4. The highest BCUT2D eigenvalue weighted by atomic mass is 19.1. The molecule has 3 N–H and O–H groups in total. The van der Waals surface area contributed by atoms with Crippen molar-refractivity contribution >= 4 is 5.91 Å². The zero-order chi connectivity index (χ0) is 18.4. The molecule has 1 aliphatic rings. The summed E-state index contributed by atoms with van der Waals surface area (Å²) in [4.78, 5) is 16.6. The van der Waals surface area contributed by atoms with E-state index in [4.69, 9.17) is 19.7 Å². The Morgan fingerprint density at radius 2 is 2.35 bits per heavy atom. The summed E-state index contributed by atoms with van der Waals surface area (Å²) in [6.45, 7) is 1.53. The first-order valence-corrected chi connectivity index (χ1v) is 8.52. The number of rotatable bonds is 8. The van der Waals surface area contributed by atoms with Gasteiger partial charge in [0.2, 0.25) is 0 Å². The number of halogens is 1. The van der Waals surface area contributed by atoms with Crippen molar-refractivity contribution in [2.45, 2.75) is 31.9 Å². The Bertz CT molecular complexity index is 746. The molecule has 1 amide bonds. The third-order valence-electron chi connectivity index (χ3n) is 3.89. The second-order valence-electron chi connectivity index (χ2n) is 5.86. The summed E-state index contributed by atoms with van der Waals surface area (Å²) in [5.41, 5.74) is 5.52. The summed E-state index contributed by atoms with van der Waals surface area (Å²) in [6, 6.07) is 3.79. The quantitative estimate of drug-likeness (QED) is 0.686. The maximum atomic E-state index is 13.5. The van der Waals surface area contributed by atoms with Crippen LogP contribution in [0.5, 0.6) is 5.75 Å². The van der Waals surface area contributed by atoms with Crippen molar-refractivity contribution in [2.24, 2.45) is 5.73 Å². The lowest BCUT2D eigenvalue weighted by atomic mass is 10.2. The monoisotopic (exact) mass is 364 g/mol. The number of amides is 1. The van der Waals surface area contributed by atoms with Crippen LogP contribution in [-0.2, 0) is 11.3 Å². The number of benzene rings is 1. The maximum absolute atomic E-state index is 13.5. The van der Waals surface area contributed by atoms with Gasteiger partial charge in [0.1, 0.15) is 17.7 Å². The van der Waals surface area contributed by atoms with Crippen LogP contribution in [0.25, 0.3) is 0 Å². The number of hydrogen-bond donors (Lipinski definition) is 2. The summed E-state index contributed by atoms with van der Waals surface area (Å²) in [5.74, 6) is 0.0111. The van der Waals surface area contributed by atoms with E-state index < -0.39 is 11.7 Å². The van der Waals surface area contributed by atoms with Gasteiger partial charge in [0.25, 0.3) is 11.8 Å². The molecule has 1 aliphatic heterocycles. The molecule has 26 heavy (non-hydrogen) atoms. The van der Waals surface area contributed by atoms with Crippen LogP contribution >= 0.6 is 0 Å². The minimum absolute atomic E-state index is 0.0494. The smallest absolute Gasteiger partial charge is 0.255 e. The van der Waals surface area contributed by atoms with Crippen molar-refractivity contribution in [3.8, 4) is 5.75 Å². The van der Waals surface area contributed by atoms with Crippen molar-refractivity contribution in [3.05, 3.63) is 41.3 Å². The lowest BCUT2D eigenvalue weighted by molar-refractivity contribution is 0.0835. The maximum Gasteiger partial charge on any atom is 0.255 e. The first kappa shape index (κ1) is 18.3. The topological polar surface area (TPSA) is 112 Å². The highest BCUT2D eigenvalue weighted by Gasteiger charge is 2.24. The zero-order valence-corrected chi connectivity index (χ0v) is 14.2. The third kappa shape index (κ3) is 4.55. The van der Waals surface area contributed by atoms with Crippen LogP contribution in [-0.4, -0.2) is 35.8 Å². The van der Waals surface area contributed by atoms with E-state index in [-0.39, 0.29) is 18.2 Å². The molecular weight excluding hydrogens is 343 g/mol. The molecule has 3 rings (SSSR count). The van der Waals surface area contributed by atoms with Gasteiger partial charge in [-0.2, -0.15) is 4.98 Å². The molecule has 2 aromatic rings. The number of nitrogens with two attached hydrogens (primary N) is 1. The molecule has 0 spiro atoms. The highest BCUT2D eigenvalue weighted by molar-refractivity contribution is 5.96. The highest BCUT2D eigenvalue weighted by Crippen LogP contribution is 2.27. The Balaban J connectivity index is 1.61. The molecule has 2 heterocycles. The van der Waals surface area contributed by atoms with E-state index in [2.05, 4.69) is 15.5 Å². The van der Waals surface area contributed by atoms with Crippen molar-refractivity contribution in [3.63, 3.8) is 0 Å². The minimum atomic E-state index is -0.526. The van der Waals surface area contributed by atoms with Gasteiger partial charge in [-0.05, 0) is 44.0 Å². The number of ether oxygens (including phenoxy) is 2. The van der Waals surface area contributed by atoms with Crippen LogP contribution in [0.1, 0.15) is 47.4 Å². The second kappa shape index (κ2) is 8.72. The second-order valence-corrected chi connectivity index (χ2v) is 5.86. The molecule has 1 aromatic carbocycles. The molecule has 0 aliphatic carbocycles. The molecule has 1 fully saturated rings. The van der Waals surface area contributed by atoms with Crippen LogP contribution in [0.4, 0.5) is 4.39 Å². The van der Waals surface area contributed by atoms with Gasteiger partial charge in [-0.1, -0.05) is 5.16 Å². The molecule has 1 saturated heterocycles.